The number of nitrogens with one attached hydrogen (secondary N) is 2. The Morgan fingerprint density at radius 2 is 2.14 bits per heavy atom. The predicted octanol–water partition coefficient (Wildman–Crippen LogP) is 1.36. The summed E-state index contributed by atoms with van der Waals surface area (Å²) < 4.78 is 0. The van der Waals surface area contributed by atoms with Crippen LogP contribution in [0.15, 0.2) is 18.2 Å². The predicted molar refractivity (Wildman–Crippen MR) is 84.3 cm³/mol. The minimum absolute atomic E-state index is 0.156. The fraction of sp³-hybridized carbons (Fsp3) is 0.600. The SMILES string of the molecule is CCC(CCO)CNC(=O)NCc1cccc(N(C)C)n1. The number of pyridine rings is 1. The van der Waals surface area contributed by atoms with Crippen molar-refractivity contribution in [3.8, 4) is 0 Å². The molecule has 0 aliphatic rings. The maximum atomic E-state index is 11.7. The van der Waals surface area contributed by atoms with E-state index in [0.29, 0.717) is 25.4 Å². The topological polar surface area (TPSA) is 77.5 Å². The molecule has 1 aromatic heterocycles. The van der Waals surface area contributed by atoms with Gasteiger partial charge < -0.3 is 20.6 Å². The number of carbonyl (C=O) groups is 1. The quantitative estimate of drug-likeness (QED) is 0.676. The van der Waals surface area contributed by atoms with Crippen molar-refractivity contribution in [3.63, 3.8) is 0 Å². The molecule has 0 aromatic carbocycles. The highest BCUT2D eigenvalue weighted by Crippen LogP contribution is 2.07. The first kappa shape index (κ1) is 17.2. The van der Waals surface area contributed by atoms with Crippen LogP contribution in [0.1, 0.15) is 25.5 Å². The second kappa shape index (κ2) is 9.18. The zero-order chi connectivity index (χ0) is 15.7. The Hall–Kier alpha value is -1.82. The Morgan fingerprint density at radius 3 is 2.76 bits per heavy atom. The van der Waals surface area contributed by atoms with Gasteiger partial charge in [-0.2, -0.15) is 0 Å². The lowest BCUT2D eigenvalue weighted by Gasteiger charge is -2.15. The van der Waals surface area contributed by atoms with Crippen LogP contribution in [0.4, 0.5) is 10.6 Å². The summed E-state index contributed by atoms with van der Waals surface area (Å²) in [6, 6.07) is 5.52. The third kappa shape index (κ3) is 6.44. The van der Waals surface area contributed by atoms with Crippen LogP contribution in [0.3, 0.4) is 0 Å². The highest BCUT2D eigenvalue weighted by Gasteiger charge is 2.08. The molecule has 0 bridgehead atoms. The normalized spacial score (nSPS) is 11.8. The lowest BCUT2D eigenvalue weighted by molar-refractivity contribution is 0.230. The van der Waals surface area contributed by atoms with E-state index in [4.69, 9.17) is 5.11 Å². The molecular formula is C15H26N4O2. The summed E-state index contributed by atoms with van der Waals surface area (Å²) in [5.41, 5.74) is 0.818. The number of rotatable bonds is 8. The van der Waals surface area contributed by atoms with Crippen molar-refractivity contribution in [1.82, 2.24) is 15.6 Å². The van der Waals surface area contributed by atoms with Crippen molar-refractivity contribution >= 4 is 11.8 Å². The molecule has 0 saturated carbocycles. The van der Waals surface area contributed by atoms with Crippen molar-refractivity contribution in [2.24, 2.45) is 5.92 Å². The first-order chi connectivity index (χ1) is 10.1. The molecule has 3 N–H and O–H groups in total. The largest absolute Gasteiger partial charge is 0.396 e. The molecule has 0 spiro atoms. The summed E-state index contributed by atoms with van der Waals surface area (Å²) in [6.07, 6.45) is 1.65. The first-order valence-electron chi connectivity index (χ1n) is 7.32. The number of amides is 2. The molecule has 0 saturated heterocycles. The van der Waals surface area contributed by atoms with Crippen LogP contribution in [-0.2, 0) is 6.54 Å². The second-order valence-corrected chi connectivity index (χ2v) is 5.23. The van der Waals surface area contributed by atoms with Gasteiger partial charge in [-0.25, -0.2) is 9.78 Å². The molecule has 1 unspecified atom stereocenters. The Labute approximate surface area is 126 Å². The smallest absolute Gasteiger partial charge is 0.315 e. The van der Waals surface area contributed by atoms with E-state index in [1.165, 1.54) is 0 Å². The second-order valence-electron chi connectivity index (χ2n) is 5.23. The standard InChI is InChI=1S/C15H26N4O2/c1-4-12(8-9-20)10-16-15(21)17-11-13-6-5-7-14(18-13)19(2)3/h5-7,12,20H,4,8-11H2,1-3H3,(H2,16,17,21). The van der Waals surface area contributed by atoms with Gasteiger partial charge in [0.05, 0.1) is 12.2 Å². The Bertz CT molecular complexity index is 437. The maximum absolute atomic E-state index is 11.7. The summed E-state index contributed by atoms with van der Waals surface area (Å²) in [5.74, 6) is 1.18. The monoisotopic (exact) mass is 294 g/mol. The van der Waals surface area contributed by atoms with Gasteiger partial charge in [0.15, 0.2) is 0 Å². The fourth-order valence-corrected chi connectivity index (χ4v) is 1.92. The lowest BCUT2D eigenvalue weighted by Crippen LogP contribution is -2.38. The average molecular weight is 294 g/mol. The number of anilines is 1. The van der Waals surface area contributed by atoms with Crippen molar-refractivity contribution in [2.75, 3.05) is 32.1 Å². The first-order valence-corrected chi connectivity index (χ1v) is 7.32. The van der Waals surface area contributed by atoms with E-state index in [1.807, 2.05) is 37.2 Å². The molecule has 2 amide bonds. The number of urea groups is 1. The molecule has 1 aromatic rings. The van der Waals surface area contributed by atoms with Gasteiger partial charge in [-0.05, 0) is 24.5 Å². The molecule has 0 radical (unpaired) electrons. The van der Waals surface area contributed by atoms with E-state index in [9.17, 15) is 4.79 Å². The number of hydrogen-bond donors (Lipinski definition) is 3. The van der Waals surface area contributed by atoms with Gasteiger partial charge >= 0.3 is 6.03 Å². The third-order valence-electron chi connectivity index (χ3n) is 3.35. The maximum Gasteiger partial charge on any atom is 0.315 e. The zero-order valence-electron chi connectivity index (χ0n) is 13.1. The van der Waals surface area contributed by atoms with Crippen LogP contribution in [0.2, 0.25) is 0 Å². The number of aliphatic hydroxyl groups excluding tert-OH is 1. The molecule has 6 nitrogen and oxygen atoms in total. The van der Waals surface area contributed by atoms with Crippen LogP contribution < -0.4 is 15.5 Å². The van der Waals surface area contributed by atoms with E-state index >= 15 is 0 Å². The third-order valence-corrected chi connectivity index (χ3v) is 3.35. The van der Waals surface area contributed by atoms with E-state index in [1.54, 1.807) is 0 Å². The van der Waals surface area contributed by atoms with Crippen molar-refractivity contribution < 1.29 is 9.90 Å². The van der Waals surface area contributed by atoms with E-state index in [2.05, 4.69) is 22.5 Å². The summed E-state index contributed by atoms with van der Waals surface area (Å²) >= 11 is 0. The van der Waals surface area contributed by atoms with Gasteiger partial charge in [0.2, 0.25) is 0 Å². The van der Waals surface area contributed by atoms with Crippen LogP contribution in [0.5, 0.6) is 0 Å². The van der Waals surface area contributed by atoms with E-state index < -0.39 is 0 Å². The lowest BCUT2D eigenvalue weighted by atomic mass is 10.0. The van der Waals surface area contributed by atoms with Gasteiger partial charge in [-0.3, -0.25) is 0 Å². The summed E-state index contributed by atoms with van der Waals surface area (Å²) in [4.78, 5) is 18.1. The van der Waals surface area contributed by atoms with E-state index in [-0.39, 0.29) is 12.6 Å². The molecule has 0 aliphatic carbocycles. The summed E-state index contributed by atoms with van der Waals surface area (Å²) in [7, 11) is 3.86. The molecule has 1 atom stereocenters. The van der Waals surface area contributed by atoms with Crippen LogP contribution in [0.25, 0.3) is 0 Å². The molecule has 1 rings (SSSR count). The Balaban J connectivity index is 2.37. The number of nitrogens with zero attached hydrogens (tertiary/aromatic N) is 2. The Morgan fingerprint density at radius 1 is 1.38 bits per heavy atom. The molecule has 0 fully saturated rings. The highest BCUT2D eigenvalue weighted by molar-refractivity contribution is 5.73. The van der Waals surface area contributed by atoms with Crippen molar-refractivity contribution in [2.45, 2.75) is 26.3 Å². The minimum Gasteiger partial charge on any atom is -0.396 e. The van der Waals surface area contributed by atoms with Gasteiger partial charge in [0.25, 0.3) is 0 Å². The molecule has 6 heteroatoms. The summed E-state index contributed by atoms with van der Waals surface area (Å²) in [6.45, 7) is 3.18. The van der Waals surface area contributed by atoms with Gasteiger partial charge in [-0.15, -0.1) is 0 Å². The number of aliphatic hydroxyl groups is 1. The molecule has 1 heterocycles. The van der Waals surface area contributed by atoms with Crippen LogP contribution in [0, 0.1) is 5.92 Å². The molecule has 118 valence electrons. The summed E-state index contributed by atoms with van der Waals surface area (Å²) in [5, 5.41) is 14.5. The van der Waals surface area contributed by atoms with Gasteiger partial charge in [-0.1, -0.05) is 19.4 Å². The van der Waals surface area contributed by atoms with Crippen molar-refractivity contribution in [3.05, 3.63) is 23.9 Å². The minimum atomic E-state index is -0.205. The molecular weight excluding hydrogens is 268 g/mol. The van der Waals surface area contributed by atoms with Gasteiger partial charge in [0, 0.05) is 27.2 Å². The highest BCUT2D eigenvalue weighted by atomic mass is 16.3. The zero-order valence-corrected chi connectivity index (χ0v) is 13.1. The number of hydrogen-bond acceptors (Lipinski definition) is 4. The van der Waals surface area contributed by atoms with Crippen LogP contribution >= 0.6 is 0 Å². The van der Waals surface area contributed by atoms with E-state index in [0.717, 1.165) is 17.9 Å². The number of aromatic nitrogens is 1. The van der Waals surface area contributed by atoms with Crippen molar-refractivity contribution in [1.29, 1.82) is 0 Å². The average Bonchev–Trinajstić information content (AvgIpc) is 2.49. The molecule has 21 heavy (non-hydrogen) atoms. The Kier molecular flexibility index (Phi) is 7.53. The number of carbonyl (C=O) groups excluding carboxylic acids is 1. The fourth-order valence-electron chi connectivity index (χ4n) is 1.92. The van der Waals surface area contributed by atoms with Crippen LogP contribution in [-0.4, -0.2) is 43.4 Å². The van der Waals surface area contributed by atoms with Gasteiger partial charge in [0.1, 0.15) is 5.82 Å². The molecule has 0 aliphatic heterocycles.